The number of hydrogen-bond acceptors (Lipinski definition) is 3. The van der Waals surface area contributed by atoms with Crippen LogP contribution in [0.15, 0.2) is 29.3 Å². The lowest BCUT2D eigenvalue weighted by molar-refractivity contribution is 0.582. The van der Waals surface area contributed by atoms with E-state index in [9.17, 15) is 8.42 Å². The molecule has 6 nitrogen and oxygen atoms in total. The Hall–Kier alpha value is -1.60. The van der Waals surface area contributed by atoms with Crippen molar-refractivity contribution in [2.75, 3.05) is 25.4 Å². The summed E-state index contributed by atoms with van der Waals surface area (Å²) in [7, 11) is -3.14. The standard InChI is InChI=1S/C15H26N4O2S/c1-4-16-15(17-9-10-19-22(20,21)5-2)18-12-14-8-6-7-13(3)11-14/h6-8,11,19H,4-5,9-10,12H2,1-3H3,(H2,16,17,18). The summed E-state index contributed by atoms with van der Waals surface area (Å²) in [6.45, 7) is 7.81. The topological polar surface area (TPSA) is 82.6 Å². The Bertz CT molecular complexity index is 585. The van der Waals surface area contributed by atoms with Crippen molar-refractivity contribution in [1.29, 1.82) is 0 Å². The highest BCUT2D eigenvalue weighted by molar-refractivity contribution is 7.89. The molecule has 0 saturated heterocycles. The molecule has 0 atom stereocenters. The Balaban J connectivity index is 2.49. The van der Waals surface area contributed by atoms with Crippen molar-refractivity contribution in [2.45, 2.75) is 27.3 Å². The molecule has 0 aliphatic heterocycles. The summed E-state index contributed by atoms with van der Waals surface area (Å²) in [5.41, 5.74) is 2.35. The second-order valence-electron chi connectivity index (χ2n) is 4.91. The lowest BCUT2D eigenvalue weighted by atomic mass is 10.1. The number of rotatable bonds is 8. The third kappa shape index (κ3) is 7.42. The van der Waals surface area contributed by atoms with Crippen molar-refractivity contribution in [1.82, 2.24) is 15.4 Å². The quantitative estimate of drug-likeness (QED) is 0.378. The average molecular weight is 326 g/mol. The van der Waals surface area contributed by atoms with E-state index in [1.54, 1.807) is 6.92 Å². The fourth-order valence-corrected chi connectivity index (χ4v) is 2.43. The van der Waals surface area contributed by atoms with Gasteiger partial charge >= 0.3 is 0 Å². The average Bonchev–Trinajstić information content (AvgIpc) is 2.49. The highest BCUT2D eigenvalue weighted by Crippen LogP contribution is 2.04. The van der Waals surface area contributed by atoms with Crippen LogP contribution in [0.3, 0.4) is 0 Å². The third-order valence-electron chi connectivity index (χ3n) is 2.97. The van der Waals surface area contributed by atoms with Crippen molar-refractivity contribution >= 4 is 16.0 Å². The molecular weight excluding hydrogens is 300 g/mol. The number of aliphatic imine (C=N–C) groups is 1. The van der Waals surface area contributed by atoms with Crippen molar-refractivity contribution in [3.8, 4) is 0 Å². The van der Waals surface area contributed by atoms with Gasteiger partial charge in [-0.1, -0.05) is 29.8 Å². The SMILES string of the molecule is CCNC(=NCc1cccc(C)c1)NCCNS(=O)(=O)CC. The summed E-state index contributed by atoms with van der Waals surface area (Å²) in [6, 6.07) is 8.20. The minimum absolute atomic E-state index is 0.0918. The number of sulfonamides is 1. The molecule has 0 heterocycles. The zero-order valence-corrected chi connectivity index (χ0v) is 14.3. The first kappa shape index (κ1) is 18.4. The number of hydrogen-bond donors (Lipinski definition) is 3. The van der Waals surface area contributed by atoms with Gasteiger partial charge in [0.1, 0.15) is 0 Å². The van der Waals surface area contributed by atoms with Crippen LogP contribution >= 0.6 is 0 Å². The van der Waals surface area contributed by atoms with Crippen LogP contribution in [0.1, 0.15) is 25.0 Å². The van der Waals surface area contributed by atoms with Gasteiger partial charge in [0.15, 0.2) is 5.96 Å². The predicted molar refractivity (Wildman–Crippen MR) is 91.5 cm³/mol. The molecule has 1 aromatic carbocycles. The van der Waals surface area contributed by atoms with E-state index in [0.717, 1.165) is 12.1 Å². The molecule has 0 aromatic heterocycles. The number of aryl methyl sites for hydroxylation is 1. The highest BCUT2D eigenvalue weighted by atomic mass is 32.2. The second kappa shape index (κ2) is 9.42. The lowest BCUT2D eigenvalue weighted by Gasteiger charge is -2.12. The molecule has 0 bridgehead atoms. The zero-order valence-electron chi connectivity index (χ0n) is 13.5. The number of benzene rings is 1. The molecule has 1 aromatic rings. The van der Waals surface area contributed by atoms with Crippen LogP contribution in [0.4, 0.5) is 0 Å². The first-order valence-corrected chi connectivity index (χ1v) is 9.17. The second-order valence-corrected chi connectivity index (χ2v) is 7.00. The van der Waals surface area contributed by atoms with Gasteiger partial charge in [0.2, 0.25) is 10.0 Å². The molecule has 0 amide bonds. The monoisotopic (exact) mass is 326 g/mol. The summed E-state index contributed by atoms with van der Waals surface area (Å²) in [5.74, 6) is 0.772. The normalized spacial score (nSPS) is 12.2. The molecule has 0 unspecified atom stereocenters. The van der Waals surface area contributed by atoms with Gasteiger partial charge in [0, 0.05) is 19.6 Å². The molecule has 0 fully saturated rings. The molecule has 1 rings (SSSR count). The molecule has 3 N–H and O–H groups in total. The van der Waals surface area contributed by atoms with Gasteiger partial charge < -0.3 is 10.6 Å². The fourth-order valence-electron chi connectivity index (χ4n) is 1.81. The van der Waals surface area contributed by atoms with E-state index < -0.39 is 10.0 Å². The van der Waals surface area contributed by atoms with Crippen LogP contribution in [0.2, 0.25) is 0 Å². The maximum absolute atomic E-state index is 11.3. The van der Waals surface area contributed by atoms with Crippen molar-refractivity contribution < 1.29 is 8.42 Å². The molecule has 22 heavy (non-hydrogen) atoms. The summed E-state index contributed by atoms with van der Waals surface area (Å²) in [6.07, 6.45) is 0. The predicted octanol–water partition coefficient (Wildman–Crippen LogP) is 0.989. The highest BCUT2D eigenvalue weighted by Gasteiger charge is 2.05. The Morgan fingerprint density at radius 1 is 1.18 bits per heavy atom. The van der Waals surface area contributed by atoms with Gasteiger partial charge in [-0.05, 0) is 26.3 Å². The smallest absolute Gasteiger partial charge is 0.211 e. The Labute approximate surface area is 133 Å². The lowest BCUT2D eigenvalue weighted by Crippen LogP contribution is -2.41. The first-order chi connectivity index (χ1) is 10.5. The van der Waals surface area contributed by atoms with Gasteiger partial charge in [0.25, 0.3) is 0 Å². The minimum Gasteiger partial charge on any atom is -0.357 e. The van der Waals surface area contributed by atoms with Gasteiger partial charge in [-0.3, -0.25) is 0 Å². The Kier molecular flexibility index (Phi) is 7.90. The molecule has 0 spiro atoms. The van der Waals surface area contributed by atoms with E-state index in [-0.39, 0.29) is 5.75 Å². The van der Waals surface area contributed by atoms with Crippen LogP contribution in [-0.4, -0.2) is 39.8 Å². The number of nitrogens with one attached hydrogen (secondary N) is 3. The fraction of sp³-hybridized carbons (Fsp3) is 0.533. The summed E-state index contributed by atoms with van der Waals surface area (Å²) in [4.78, 5) is 4.50. The summed E-state index contributed by atoms with van der Waals surface area (Å²) in [5, 5.41) is 6.25. The van der Waals surface area contributed by atoms with E-state index in [1.165, 1.54) is 5.56 Å². The molecule has 7 heteroatoms. The van der Waals surface area contributed by atoms with Crippen LogP contribution in [-0.2, 0) is 16.6 Å². The molecule has 0 aliphatic carbocycles. The van der Waals surface area contributed by atoms with E-state index >= 15 is 0 Å². The first-order valence-electron chi connectivity index (χ1n) is 7.52. The molecule has 0 saturated carbocycles. The largest absolute Gasteiger partial charge is 0.357 e. The molecule has 124 valence electrons. The molecule has 0 aliphatic rings. The zero-order chi connectivity index (χ0) is 16.4. The van der Waals surface area contributed by atoms with Crippen molar-refractivity contribution in [3.63, 3.8) is 0 Å². The van der Waals surface area contributed by atoms with E-state index in [1.807, 2.05) is 19.1 Å². The maximum atomic E-state index is 11.3. The van der Waals surface area contributed by atoms with Crippen LogP contribution in [0.5, 0.6) is 0 Å². The summed E-state index contributed by atoms with van der Waals surface area (Å²) < 4.78 is 25.2. The Morgan fingerprint density at radius 3 is 2.59 bits per heavy atom. The van der Waals surface area contributed by atoms with Gasteiger partial charge in [0.05, 0.1) is 12.3 Å². The minimum atomic E-state index is -3.14. The maximum Gasteiger partial charge on any atom is 0.211 e. The van der Waals surface area contributed by atoms with Crippen molar-refractivity contribution in [3.05, 3.63) is 35.4 Å². The van der Waals surface area contributed by atoms with Crippen LogP contribution < -0.4 is 15.4 Å². The van der Waals surface area contributed by atoms with E-state index in [4.69, 9.17) is 0 Å². The molecular formula is C15H26N4O2S. The van der Waals surface area contributed by atoms with E-state index in [0.29, 0.717) is 25.6 Å². The molecule has 0 radical (unpaired) electrons. The van der Waals surface area contributed by atoms with Gasteiger partial charge in [-0.25, -0.2) is 18.1 Å². The van der Waals surface area contributed by atoms with Crippen molar-refractivity contribution in [2.24, 2.45) is 4.99 Å². The number of nitrogens with zero attached hydrogens (tertiary/aromatic N) is 1. The van der Waals surface area contributed by atoms with Gasteiger partial charge in [-0.2, -0.15) is 0 Å². The van der Waals surface area contributed by atoms with E-state index in [2.05, 4.69) is 39.4 Å². The van der Waals surface area contributed by atoms with Crippen LogP contribution in [0.25, 0.3) is 0 Å². The Morgan fingerprint density at radius 2 is 1.95 bits per heavy atom. The van der Waals surface area contributed by atoms with Crippen LogP contribution in [0, 0.1) is 6.92 Å². The van der Waals surface area contributed by atoms with Gasteiger partial charge in [-0.15, -0.1) is 0 Å². The summed E-state index contributed by atoms with van der Waals surface area (Å²) >= 11 is 0. The number of guanidine groups is 1. The third-order valence-corrected chi connectivity index (χ3v) is 4.37.